The minimum Gasteiger partial charge on any atom is -0.308 e. The van der Waals surface area contributed by atoms with Crippen LogP contribution in [0.3, 0.4) is 0 Å². The normalized spacial score (nSPS) is 10.5. The highest BCUT2D eigenvalue weighted by Gasteiger charge is 2.10. The molecule has 0 aliphatic carbocycles. The molecule has 122 valence electrons. The maximum Gasteiger partial charge on any atom is 0.324 e. The maximum atomic E-state index is 12.2. The fourth-order valence-corrected chi connectivity index (χ4v) is 2.66. The van der Waals surface area contributed by atoms with Gasteiger partial charge in [0.1, 0.15) is 0 Å². The Bertz CT molecular complexity index is 874. The zero-order chi connectivity index (χ0) is 17.1. The average Bonchev–Trinajstić information content (AvgIpc) is 2.92. The minimum absolute atomic E-state index is 0.325. The van der Waals surface area contributed by atoms with E-state index in [0.29, 0.717) is 5.82 Å². The number of rotatable bonds is 3. The lowest BCUT2D eigenvalue weighted by molar-refractivity contribution is 0.262. The standard InChI is InChI=1S/C18H17BrN4O/c1-12-10-14(8-9-15(12)19)20-18(24)21-17-11-16(23(2)22-17)13-6-4-3-5-7-13/h3-11H,1-2H3,(H2,20,21,22,24). The van der Waals surface area contributed by atoms with Gasteiger partial charge >= 0.3 is 6.03 Å². The van der Waals surface area contributed by atoms with Gasteiger partial charge < -0.3 is 5.32 Å². The number of benzene rings is 2. The molecule has 0 spiro atoms. The van der Waals surface area contributed by atoms with Crippen molar-refractivity contribution in [1.82, 2.24) is 9.78 Å². The van der Waals surface area contributed by atoms with Gasteiger partial charge in [-0.3, -0.25) is 10.00 Å². The highest BCUT2D eigenvalue weighted by atomic mass is 79.9. The van der Waals surface area contributed by atoms with Gasteiger partial charge in [0, 0.05) is 23.3 Å². The number of hydrogen-bond donors (Lipinski definition) is 2. The van der Waals surface area contributed by atoms with Crippen LogP contribution < -0.4 is 10.6 Å². The maximum absolute atomic E-state index is 12.2. The van der Waals surface area contributed by atoms with E-state index in [-0.39, 0.29) is 6.03 Å². The van der Waals surface area contributed by atoms with Gasteiger partial charge in [0.25, 0.3) is 0 Å². The molecule has 0 aliphatic heterocycles. The second-order valence-electron chi connectivity index (χ2n) is 5.45. The highest BCUT2D eigenvalue weighted by molar-refractivity contribution is 9.10. The van der Waals surface area contributed by atoms with Crippen LogP contribution >= 0.6 is 15.9 Å². The number of aryl methyl sites for hydroxylation is 2. The predicted molar refractivity (Wildman–Crippen MR) is 100 cm³/mol. The molecule has 0 radical (unpaired) electrons. The van der Waals surface area contributed by atoms with Gasteiger partial charge in [0.15, 0.2) is 5.82 Å². The number of urea groups is 1. The van der Waals surface area contributed by atoms with Crippen molar-refractivity contribution < 1.29 is 4.79 Å². The molecule has 0 saturated carbocycles. The van der Waals surface area contributed by atoms with Gasteiger partial charge in [-0.15, -0.1) is 0 Å². The molecule has 0 aliphatic rings. The van der Waals surface area contributed by atoms with Crippen LogP contribution in [0.15, 0.2) is 59.1 Å². The minimum atomic E-state index is -0.325. The van der Waals surface area contributed by atoms with Crippen LogP contribution in [0, 0.1) is 6.92 Å². The molecule has 6 heteroatoms. The molecule has 3 aromatic rings. The predicted octanol–water partition coefficient (Wildman–Crippen LogP) is 4.80. The second kappa shape index (κ2) is 6.88. The van der Waals surface area contributed by atoms with Crippen molar-refractivity contribution in [3.63, 3.8) is 0 Å². The molecular formula is C18H17BrN4O. The largest absolute Gasteiger partial charge is 0.324 e. The van der Waals surface area contributed by atoms with Crippen LogP contribution in [-0.4, -0.2) is 15.8 Å². The van der Waals surface area contributed by atoms with Crippen molar-refractivity contribution in [2.24, 2.45) is 7.05 Å². The van der Waals surface area contributed by atoms with E-state index in [1.165, 1.54) is 0 Å². The fourth-order valence-electron chi connectivity index (χ4n) is 2.41. The second-order valence-corrected chi connectivity index (χ2v) is 6.30. The van der Waals surface area contributed by atoms with E-state index >= 15 is 0 Å². The Labute approximate surface area is 148 Å². The Morgan fingerprint density at radius 1 is 1.08 bits per heavy atom. The summed E-state index contributed by atoms with van der Waals surface area (Å²) in [6.07, 6.45) is 0. The Balaban J connectivity index is 1.72. The smallest absolute Gasteiger partial charge is 0.308 e. The van der Waals surface area contributed by atoms with Crippen LogP contribution in [0.1, 0.15) is 5.56 Å². The third kappa shape index (κ3) is 3.65. The SMILES string of the molecule is Cc1cc(NC(=O)Nc2cc(-c3ccccc3)n(C)n2)ccc1Br. The van der Waals surface area contributed by atoms with Gasteiger partial charge in [0.05, 0.1) is 5.69 Å². The Kier molecular flexibility index (Phi) is 4.66. The van der Waals surface area contributed by atoms with Crippen molar-refractivity contribution in [2.75, 3.05) is 10.6 Å². The number of halogens is 1. The average molecular weight is 385 g/mol. The summed E-state index contributed by atoms with van der Waals surface area (Å²) in [7, 11) is 1.85. The first-order chi connectivity index (χ1) is 11.5. The number of nitrogens with one attached hydrogen (secondary N) is 2. The van der Waals surface area contributed by atoms with Crippen molar-refractivity contribution >= 4 is 33.5 Å². The zero-order valence-corrected chi connectivity index (χ0v) is 15.0. The van der Waals surface area contributed by atoms with Crippen LogP contribution in [0.5, 0.6) is 0 Å². The van der Waals surface area contributed by atoms with Crippen molar-refractivity contribution in [1.29, 1.82) is 0 Å². The van der Waals surface area contributed by atoms with E-state index in [2.05, 4.69) is 31.7 Å². The van der Waals surface area contributed by atoms with E-state index in [4.69, 9.17) is 0 Å². The van der Waals surface area contributed by atoms with E-state index in [1.807, 2.05) is 68.6 Å². The molecular weight excluding hydrogens is 368 g/mol. The number of nitrogens with zero attached hydrogens (tertiary/aromatic N) is 2. The summed E-state index contributed by atoms with van der Waals surface area (Å²) in [5.41, 5.74) is 3.76. The zero-order valence-electron chi connectivity index (χ0n) is 13.4. The molecule has 2 aromatic carbocycles. The van der Waals surface area contributed by atoms with E-state index in [0.717, 1.165) is 27.0 Å². The van der Waals surface area contributed by atoms with Crippen molar-refractivity contribution in [3.8, 4) is 11.3 Å². The molecule has 24 heavy (non-hydrogen) atoms. The molecule has 0 saturated heterocycles. The summed E-state index contributed by atoms with van der Waals surface area (Å²) in [6, 6.07) is 17.1. The summed E-state index contributed by atoms with van der Waals surface area (Å²) in [5.74, 6) is 0.502. The molecule has 0 atom stereocenters. The first kappa shape index (κ1) is 16.3. The van der Waals surface area contributed by atoms with E-state index < -0.39 is 0 Å². The van der Waals surface area contributed by atoms with Crippen LogP contribution in [0.4, 0.5) is 16.3 Å². The van der Waals surface area contributed by atoms with E-state index in [1.54, 1.807) is 4.68 Å². The lowest BCUT2D eigenvalue weighted by Gasteiger charge is -2.07. The first-order valence-electron chi connectivity index (χ1n) is 7.46. The van der Waals surface area contributed by atoms with E-state index in [9.17, 15) is 4.79 Å². The highest BCUT2D eigenvalue weighted by Crippen LogP contribution is 2.22. The molecule has 0 fully saturated rings. The molecule has 5 nitrogen and oxygen atoms in total. The van der Waals surface area contributed by atoms with Crippen LogP contribution in [0.2, 0.25) is 0 Å². The van der Waals surface area contributed by atoms with Crippen molar-refractivity contribution in [2.45, 2.75) is 6.92 Å². The topological polar surface area (TPSA) is 59.0 Å². The molecule has 1 heterocycles. The van der Waals surface area contributed by atoms with Gasteiger partial charge in [-0.2, -0.15) is 5.10 Å². The Morgan fingerprint density at radius 2 is 1.83 bits per heavy atom. The lowest BCUT2D eigenvalue weighted by atomic mass is 10.1. The molecule has 0 unspecified atom stereocenters. The number of hydrogen-bond acceptors (Lipinski definition) is 2. The van der Waals surface area contributed by atoms with Crippen molar-refractivity contribution in [3.05, 3.63) is 64.6 Å². The molecule has 1 aromatic heterocycles. The van der Waals surface area contributed by atoms with Crippen LogP contribution in [-0.2, 0) is 7.05 Å². The quantitative estimate of drug-likeness (QED) is 0.680. The monoisotopic (exact) mass is 384 g/mol. The Hall–Kier alpha value is -2.60. The summed E-state index contributed by atoms with van der Waals surface area (Å²) in [6.45, 7) is 1.97. The fraction of sp³-hybridized carbons (Fsp3) is 0.111. The molecule has 2 amide bonds. The van der Waals surface area contributed by atoms with Gasteiger partial charge in [-0.05, 0) is 36.2 Å². The number of aromatic nitrogens is 2. The summed E-state index contributed by atoms with van der Waals surface area (Å²) in [4.78, 5) is 12.2. The van der Waals surface area contributed by atoms with Gasteiger partial charge in [-0.1, -0.05) is 46.3 Å². The molecule has 3 rings (SSSR count). The molecule has 2 N–H and O–H groups in total. The number of carbonyl (C=O) groups excluding carboxylic acids is 1. The third-order valence-electron chi connectivity index (χ3n) is 3.61. The summed E-state index contributed by atoms with van der Waals surface area (Å²) in [5, 5.41) is 9.91. The lowest BCUT2D eigenvalue weighted by Crippen LogP contribution is -2.19. The number of amides is 2. The van der Waals surface area contributed by atoms with Gasteiger partial charge in [0.2, 0.25) is 0 Å². The number of carbonyl (C=O) groups is 1. The summed E-state index contributed by atoms with van der Waals surface area (Å²) < 4.78 is 2.75. The Morgan fingerprint density at radius 3 is 2.54 bits per heavy atom. The first-order valence-corrected chi connectivity index (χ1v) is 8.26. The van der Waals surface area contributed by atoms with Crippen LogP contribution in [0.25, 0.3) is 11.3 Å². The molecule has 0 bridgehead atoms. The van der Waals surface area contributed by atoms with Gasteiger partial charge in [-0.25, -0.2) is 4.79 Å². The third-order valence-corrected chi connectivity index (χ3v) is 4.50. The summed E-state index contributed by atoms with van der Waals surface area (Å²) >= 11 is 3.44. The number of anilines is 2.